The Balaban J connectivity index is 0.916. The van der Waals surface area contributed by atoms with E-state index in [4.69, 9.17) is 0 Å². The van der Waals surface area contributed by atoms with E-state index >= 15 is 0 Å². The minimum atomic E-state index is -0.173. The monoisotopic (exact) mass is 821 g/mol. The van der Waals surface area contributed by atoms with E-state index in [2.05, 4.69) is 243 Å². The van der Waals surface area contributed by atoms with E-state index in [-0.39, 0.29) is 5.41 Å². The van der Waals surface area contributed by atoms with Gasteiger partial charge in [0, 0.05) is 42.6 Å². The van der Waals surface area contributed by atoms with Crippen LogP contribution in [0.25, 0.3) is 86.6 Å². The first kappa shape index (κ1) is 37.3. The molecule has 0 atom stereocenters. The lowest BCUT2D eigenvalue weighted by Gasteiger charge is -2.28. The summed E-state index contributed by atoms with van der Waals surface area (Å²) in [5.74, 6) is 0. The molecule has 0 aliphatic heterocycles. The Morgan fingerprint density at radius 2 is 0.825 bits per heavy atom. The molecule has 0 amide bonds. The predicted octanol–water partition coefficient (Wildman–Crippen LogP) is 17.7. The summed E-state index contributed by atoms with van der Waals surface area (Å²) in [6.07, 6.45) is 0. The highest BCUT2D eigenvalue weighted by Gasteiger charge is 2.36. The second-order valence-electron chi connectivity index (χ2n) is 17.3. The fourth-order valence-corrected chi connectivity index (χ4v) is 11.2. The summed E-state index contributed by atoms with van der Waals surface area (Å²) in [7, 11) is 0. The zero-order valence-electron chi connectivity index (χ0n) is 35.2. The molecule has 12 rings (SSSR count). The number of rotatable bonds is 7. The molecule has 0 unspecified atom stereocenters. The van der Waals surface area contributed by atoms with E-state index in [0.29, 0.717) is 0 Å². The Morgan fingerprint density at radius 1 is 0.333 bits per heavy atom. The van der Waals surface area contributed by atoms with Crippen molar-refractivity contribution < 1.29 is 0 Å². The highest BCUT2D eigenvalue weighted by molar-refractivity contribution is 7.26. The maximum absolute atomic E-state index is 2.43. The highest BCUT2D eigenvalue weighted by Crippen LogP contribution is 2.52. The summed E-state index contributed by atoms with van der Waals surface area (Å²) in [6.45, 7) is 4.76. The van der Waals surface area contributed by atoms with Crippen LogP contribution >= 0.6 is 11.3 Å². The average molecular weight is 822 g/mol. The Bertz CT molecular complexity index is 3500. The lowest BCUT2D eigenvalue weighted by molar-refractivity contribution is 0.660. The topological polar surface area (TPSA) is 3.24 Å². The molecular formula is C61H43NS. The van der Waals surface area contributed by atoms with Gasteiger partial charge < -0.3 is 4.90 Å². The molecule has 2 heteroatoms. The normalized spacial score (nSPS) is 12.7. The van der Waals surface area contributed by atoms with E-state index < -0.39 is 0 Å². The first-order valence-electron chi connectivity index (χ1n) is 21.8. The van der Waals surface area contributed by atoms with Gasteiger partial charge in [-0.3, -0.25) is 0 Å². The molecule has 0 bridgehead atoms. The molecule has 11 aromatic rings. The quantitative estimate of drug-likeness (QED) is 0.155. The fraction of sp³-hybridized carbons (Fsp3) is 0.0492. The number of thiophene rings is 1. The molecule has 0 spiro atoms. The smallest absolute Gasteiger partial charge is 0.0465 e. The third kappa shape index (κ3) is 6.29. The van der Waals surface area contributed by atoms with Gasteiger partial charge in [0.25, 0.3) is 0 Å². The van der Waals surface area contributed by atoms with Crippen molar-refractivity contribution in [3.63, 3.8) is 0 Å². The standard InChI is InChI=1S/C61H43NS/c1-61(2)57-38-46(40-12-4-3-5-13-40)30-36-53(57)54-37-35-49(39-58(54)61)62(48-33-28-44(29-34-48)51-18-10-15-43-14-6-7-16-50(43)51)47-31-26-42(27-32-47)41-22-24-45(25-23-41)52-19-11-20-56-55-17-8-9-21-59(55)63-60(52)56/h3-39H,1-2H3. The Morgan fingerprint density at radius 3 is 1.59 bits per heavy atom. The summed E-state index contributed by atoms with van der Waals surface area (Å²) >= 11 is 1.88. The Labute approximate surface area is 372 Å². The van der Waals surface area contributed by atoms with Gasteiger partial charge in [-0.25, -0.2) is 0 Å². The number of hydrogen-bond acceptors (Lipinski definition) is 2. The molecule has 0 saturated heterocycles. The van der Waals surface area contributed by atoms with Crippen molar-refractivity contribution in [1.29, 1.82) is 0 Å². The minimum absolute atomic E-state index is 0.173. The molecular weight excluding hydrogens is 779 g/mol. The maximum Gasteiger partial charge on any atom is 0.0465 e. The molecule has 63 heavy (non-hydrogen) atoms. The zero-order valence-corrected chi connectivity index (χ0v) is 36.0. The molecule has 298 valence electrons. The van der Waals surface area contributed by atoms with E-state index in [1.165, 1.54) is 97.7 Å². The van der Waals surface area contributed by atoms with Crippen molar-refractivity contribution in [2.45, 2.75) is 19.3 Å². The van der Waals surface area contributed by atoms with Gasteiger partial charge >= 0.3 is 0 Å². The molecule has 10 aromatic carbocycles. The third-order valence-corrected chi connectivity index (χ3v) is 14.5. The highest BCUT2D eigenvalue weighted by atomic mass is 32.1. The lowest BCUT2D eigenvalue weighted by atomic mass is 9.81. The lowest BCUT2D eigenvalue weighted by Crippen LogP contribution is -2.16. The van der Waals surface area contributed by atoms with E-state index in [9.17, 15) is 0 Å². The molecule has 1 aliphatic carbocycles. The molecule has 0 radical (unpaired) electrons. The van der Waals surface area contributed by atoms with Crippen LogP contribution in [0, 0.1) is 0 Å². The minimum Gasteiger partial charge on any atom is -0.310 e. The largest absolute Gasteiger partial charge is 0.310 e. The van der Waals surface area contributed by atoms with Crippen LogP contribution in [0.15, 0.2) is 224 Å². The molecule has 0 N–H and O–H groups in total. The van der Waals surface area contributed by atoms with Crippen molar-refractivity contribution in [2.75, 3.05) is 4.90 Å². The summed E-state index contributed by atoms with van der Waals surface area (Å²) in [5.41, 5.74) is 18.4. The summed E-state index contributed by atoms with van der Waals surface area (Å²) in [5, 5.41) is 5.18. The summed E-state index contributed by atoms with van der Waals surface area (Å²) in [4.78, 5) is 2.42. The van der Waals surface area contributed by atoms with Gasteiger partial charge in [0.05, 0.1) is 0 Å². The van der Waals surface area contributed by atoms with E-state index in [1.54, 1.807) is 0 Å². The van der Waals surface area contributed by atoms with Gasteiger partial charge in [-0.05, 0) is 126 Å². The number of nitrogens with zero attached hydrogens (tertiary/aromatic N) is 1. The molecule has 1 aromatic heterocycles. The van der Waals surface area contributed by atoms with Crippen molar-refractivity contribution >= 4 is 59.3 Å². The molecule has 1 nitrogen and oxygen atoms in total. The van der Waals surface area contributed by atoms with Crippen LogP contribution in [-0.2, 0) is 5.41 Å². The Kier molecular flexibility index (Phi) is 8.77. The van der Waals surface area contributed by atoms with Crippen LogP contribution < -0.4 is 4.90 Å². The maximum atomic E-state index is 2.43. The molecule has 0 fully saturated rings. The van der Waals surface area contributed by atoms with Crippen LogP contribution in [0.1, 0.15) is 25.0 Å². The first-order valence-corrected chi connectivity index (χ1v) is 22.6. The predicted molar refractivity (Wildman–Crippen MR) is 271 cm³/mol. The Hall–Kier alpha value is -7.52. The second kappa shape index (κ2) is 14.8. The van der Waals surface area contributed by atoms with Crippen LogP contribution in [-0.4, -0.2) is 0 Å². The first-order chi connectivity index (χ1) is 31.0. The van der Waals surface area contributed by atoms with Gasteiger partial charge in [-0.1, -0.05) is 190 Å². The average Bonchev–Trinajstić information content (AvgIpc) is 3.83. The van der Waals surface area contributed by atoms with Crippen molar-refractivity contribution in [3.05, 3.63) is 236 Å². The number of anilines is 3. The summed E-state index contributed by atoms with van der Waals surface area (Å²) < 4.78 is 2.68. The van der Waals surface area contributed by atoms with Crippen molar-refractivity contribution in [2.24, 2.45) is 0 Å². The van der Waals surface area contributed by atoms with Crippen molar-refractivity contribution in [3.8, 4) is 55.6 Å². The fourth-order valence-electron chi connectivity index (χ4n) is 10.0. The second-order valence-corrected chi connectivity index (χ2v) is 18.3. The number of benzene rings is 10. The molecule has 1 heterocycles. The van der Waals surface area contributed by atoms with Gasteiger partial charge in [0.15, 0.2) is 0 Å². The third-order valence-electron chi connectivity index (χ3n) is 13.3. The van der Waals surface area contributed by atoms with E-state index in [0.717, 1.165) is 17.1 Å². The van der Waals surface area contributed by atoms with Crippen LogP contribution in [0.5, 0.6) is 0 Å². The number of hydrogen-bond donors (Lipinski definition) is 0. The van der Waals surface area contributed by atoms with E-state index in [1.807, 2.05) is 11.3 Å². The molecule has 1 aliphatic rings. The van der Waals surface area contributed by atoms with Crippen molar-refractivity contribution in [1.82, 2.24) is 0 Å². The van der Waals surface area contributed by atoms with Gasteiger partial charge in [0.1, 0.15) is 0 Å². The summed E-state index contributed by atoms with van der Waals surface area (Å²) in [6, 6.07) is 82.8. The van der Waals surface area contributed by atoms with Gasteiger partial charge in [0.2, 0.25) is 0 Å². The van der Waals surface area contributed by atoms with Crippen LogP contribution in [0.2, 0.25) is 0 Å². The van der Waals surface area contributed by atoms with Crippen LogP contribution in [0.3, 0.4) is 0 Å². The SMILES string of the molecule is CC1(C)c2cc(-c3ccccc3)ccc2-c2ccc(N(c3ccc(-c4ccc(-c5cccc6c5sc5ccccc56)cc4)cc3)c3ccc(-c4cccc5ccccc45)cc3)cc21. The molecule has 0 saturated carbocycles. The number of fused-ring (bicyclic) bond motifs is 7. The van der Waals surface area contributed by atoms with Gasteiger partial charge in [-0.15, -0.1) is 11.3 Å². The van der Waals surface area contributed by atoms with Crippen LogP contribution in [0.4, 0.5) is 17.1 Å². The van der Waals surface area contributed by atoms with Gasteiger partial charge in [-0.2, -0.15) is 0 Å². The zero-order chi connectivity index (χ0) is 42.1.